The lowest BCUT2D eigenvalue weighted by molar-refractivity contribution is 0.135. The summed E-state index contributed by atoms with van der Waals surface area (Å²) in [5.41, 5.74) is 5.70. The first kappa shape index (κ1) is 14.3. The molecule has 0 bridgehead atoms. The van der Waals surface area contributed by atoms with Gasteiger partial charge in [-0.05, 0) is 32.1 Å². The van der Waals surface area contributed by atoms with E-state index in [9.17, 15) is 8.42 Å². The summed E-state index contributed by atoms with van der Waals surface area (Å²) in [6.07, 6.45) is 7.85. The highest BCUT2D eigenvalue weighted by Gasteiger charge is 2.48. The van der Waals surface area contributed by atoms with Crippen LogP contribution in [0.25, 0.3) is 0 Å². The van der Waals surface area contributed by atoms with Gasteiger partial charge in [0.2, 0.25) is 10.0 Å². The second-order valence-electron chi connectivity index (χ2n) is 5.81. The average Bonchev–Trinajstić information content (AvgIpc) is 3.21. The molecule has 2 aliphatic rings. The molecule has 2 N–H and O–H groups in total. The lowest BCUT2D eigenvalue weighted by Crippen LogP contribution is -2.58. The van der Waals surface area contributed by atoms with Gasteiger partial charge in [0.1, 0.15) is 0 Å². The molecule has 0 unspecified atom stereocenters. The molecule has 2 fully saturated rings. The van der Waals surface area contributed by atoms with Gasteiger partial charge in [-0.1, -0.05) is 26.2 Å². The molecule has 0 radical (unpaired) electrons. The fourth-order valence-electron chi connectivity index (χ4n) is 3.15. The average molecular weight is 274 g/mol. The van der Waals surface area contributed by atoms with E-state index in [4.69, 9.17) is 5.73 Å². The van der Waals surface area contributed by atoms with Crippen molar-refractivity contribution in [3.8, 4) is 0 Å². The van der Waals surface area contributed by atoms with Crippen LogP contribution in [0.5, 0.6) is 0 Å². The summed E-state index contributed by atoms with van der Waals surface area (Å²) in [7, 11) is -3.11. The van der Waals surface area contributed by atoms with Gasteiger partial charge < -0.3 is 5.73 Å². The zero-order chi connectivity index (χ0) is 13.2. The smallest absolute Gasteiger partial charge is 0.217 e. The number of hydrogen-bond acceptors (Lipinski definition) is 3. The summed E-state index contributed by atoms with van der Waals surface area (Å²) in [5, 5.41) is -0.116. The molecule has 0 spiro atoms. The summed E-state index contributed by atoms with van der Waals surface area (Å²) in [4.78, 5) is 0. The predicted molar refractivity (Wildman–Crippen MR) is 73.8 cm³/mol. The molecular weight excluding hydrogens is 248 g/mol. The first-order valence-electron chi connectivity index (χ1n) is 7.28. The lowest BCUT2D eigenvalue weighted by atomic mass is 9.81. The van der Waals surface area contributed by atoms with Crippen molar-refractivity contribution in [2.24, 2.45) is 5.73 Å². The van der Waals surface area contributed by atoms with Gasteiger partial charge >= 0.3 is 0 Å². The minimum atomic E-state index is -3.11. The standard InChI is InChI=1S/C13H26N2O2S/c1-2-10-15(18(16,17)12-6-7-12)13(11-14)8-4-3-5-9-13/h12H,2-11,14H2,1H3. The van der Waals surface area contributed by atoms with Crippen LogP contribution in [0.4, 0.5) is 0 Å². The second-order valence-corrected chi connectivity index (χ2v) is 7.94. The van der Waals surface area contributed by atoms with E-state index in [-0.39, 0.29) is 10.8 Å². The van der Waals surface area contributed by atoms with E-state index in [2.05, 4.69) is 0 Å². The summed E-state index contributed by atoms with van der Waals surface area (Å²) < 4.78 is 27.0. The molecule has 0 heterocycles. The number of rotatable bonds is 6. The number of hydrogen-bond donors (Lipinski definition) is 1. The SMILES string of the molecule is CCCN(C1(CN)CCCCC1)S(=O)(=O)C1CC1. The van der Waals surface area contributed by atoms with E-state index in [0.29, 0.717) is 13.1 Å². The minimum absolute atomic E-state index is 0.116. The third-order valence-corrected chi connectivity index (χ3v) is 6.87. The highest BCUT2D eigenvalue weighted by atomic mass is 32.2. The van der Waals surface area contributed by atoms with Crippen molar-refractivity contribution in [1.29, 1.82) is 0 Å². The molecular formula is C13H26N2O2S. The van der Waals surface area contributed by atoms with Crippen LogP contribution in [-0.4, -0.2) is 36.6 Å². The monoisotopic (exact) mass is 274 g/mol. The van der Waals surface area contributed by atoms with Crippen LogP contribution in [-0.2, 0) is 10.0 Å². The first-order valence-corrected chi connectivity index (χ1v) is 8.79. The van der Waals surface area contributed by atoms with Crippen LogP contribution in [0.3, 0.4) is 0 Å². The highest BCUT2D eigenvalue weighted by Crippen LogP contribution is 2.40. The molecule has 106 valence electrons. The zero-order valence-electron chi connectivity index (χ0n) is 11.4. The van der Waals surface area contributed by atoms with Crippen LogP contribution in [0.2, 0.25) is 0 Å². The van der Waals surface area contributed by atoms with Crippen molar-refractivity contribution in [3.63, 3.8) is 0 Å². The topological polar surface area (TPSA) is 63.4 Å². The van der Waals surface area contributed by atoms with E-state index in [1.807, 2.05) is 6.92 Å². The molecule has 2 saturated carbocycles. The van der Waals surface area contributed by atoms with Gasteiger partial charge in [0.15, 0.2) is 0 Å². The van der Waals surface area contributed by atoms with E-state index in [0.717, 1.165) is 44.9 Å². The molecule has 0 aromatic carbocycles. The van der Waals surface area contributed by atoms with Crippen LogP contribution < -0.4 is 5.73 Å². The van der Waals surface area contributed by atoms with Crippen molar-refractivity contribution >= 4 is 10.0 Å². The Bertz CT molecular complexity index is 370. The number of nitrogens with zero attached hydrogens (tertiary/aromatic N) is 1. The summed E-state index contributed by atoms with van der Waals surface area (Å²) in [5.74, 6) is 0. The lowest BCUT2D eigenvalue weighted by Gasteiger charge is -2.45. The Labute approximate surface area is 111 Å². The molecule has 2 rings (SSSR count). The zero-order valence-corrected chi connectivity index (χ0v) is 12.2. The Morgan fingerprint density at radius 2 is 1.83 bits per heavy atom. The highest BCUT2D eigenvalue weighted by molar-refractivity contribution is 7.90. The van der Waals surface area contributed by atoms with Gasteiger partial charge in [0, 0.05) is 18.6 Å². The third-order valence-electron chi connectivity index (χ3n) is 4.37. The van der Waals surface area contributed by atoms with Crippen LogP contribution >= 0.6 is 0 Å². The van der Waals surface area contributed by atoms with Crippen molar-refractivity contribution in [1.82, 2.24) is 4.31 Å². The Kier molecular flexibility index (Phi) is 4.34. The molecule has 0 atom stereocenters. The third kappa shape index (κ3) is 2.58. The Hall–Kier alpha value is -0.130. The van der Waals surface area contributed by atoms with Gasteiger partial charge in [-0.3, -0.25) is 0 Å². The maximum Gasteiger partial charge on any atom is 0.217 e. The second kappa shape index (κ2) is 5.47. The summed E-state index contributed by atoms with van der Waals surface area (Å²) in [6.45, 7) is 3.15. The Balaban J connectivity index is 2.26. The fourth-order valence-corrected chi connectivity index (χ4v) is 5.47. The molecule has 2 aliphatic carbocycles. The quantitative estimate of drug-likeness (QED) is 0.804. The van der Waals surface area contributed by atoms with Crippen LogP contribution in [0.15, 0.2) is 0 Å². The largest absolute Gasteiger partial charge is 0.329 e. The fraction of sp³-hybridized carbons (Fsp3) is 1.00. The van der Waals surface area contributed by atoms with E-state index in [1.54, 1.807) is 4.31 Å². The molecule has 0 aromatic rings. The van der Waals surface area contributed by atoms with Gasteiger partial charge in [0.25, 0.3) is 0 Å². The molecule has 0 aliphatic heterocycles. The van der Waals surface area contributed by atoms with Gasteiger partial charge in [-0.2, -0.15) is 4.31 Å². The molecule has 5 heteroatoms. The van der Waals surface area contributed by atoms with Gasteiger partial charge in [-0.15, -0.1) is 0 Å². The summed E-state index contributed by atoms with van der Waals surface area (Å²) in [6, 6.07) is 0. The van der Waals surface area contributed by atoms with E-state index >= 15 is 0 Å². The van der Waals surface area contributed by atoms with E-state index in [1.165, 1.54) is 6.42 Å². The molecule has 4 nitrogen and oxygen atoms in total. The van der Waals surface area contributed by atoms with Gasteiger partial charge in [0.05, 0.1) is 5.25 Å². The minimum Gasteiger partial charge on any atom is -0.329 e. The predicted octanol–water partition coefficient (Wildman–Crippen LogP) is 1.85. The Morgan fingerprint density at radius 1 is 1.22 bits per heavy atom. The van der Waals surface area contributed by atoms with Gasteiger partial charge in [-0.25, -0.2) is 8.42 Å². The van der Waals surface area contributed by atoms with E-state index < -0.39 is 10.0 Å². The summed E-state index contributed by atoms with van der Waals surface area (Å²) >= 11 is 0. The van der Waals surface area contributed by atoms with Crippen molar-refractivity contribution in [3.05, 3.63) is 0 Å². The molecule has 0 aromatic heterocycles. The Morgan fingerprint density at radius 3 is 2.28 bits per heavy atom. The van der Waals surface area contributed by atoms with Crippen LogP contribution in [0.1, 0.15) is 58.3 Å². The van der Waals surface area contributed by atoms with Crippen LogP contribution in [0, 0.1) is 0 Å². The molecule has 0 saturated heterocycles. The number of sulfonamides is 1. The van der Waals surface area contributed by atoms with Crippen molar-refractivity contribution in [2.45, 2.75) is 69.1 Å². The van der Waals surface area contributed by atoms with Crippen molar-refractivity contribution in [2.75, 3.05) is 13.1 Å². The molecule has 18 heavy (non-hydrogen) atoms. The normalized spacial score (nSPS) is 24.4. The maximum absolute atomic E-state index is 12.6. The molecule has 0 amide bonds. The van der Waals surface area contributed by atoms with Crippen molar-refractivity contribution < 1.29 is 8.42 Å². The first-order chi connectivity index (χ1) is 8.57. The number of nitrogens with two attached hydrogens (primary N) is 1. The maximum atomic E-state index is 12.6.